The summed E-state index contributed by atoms with van der Waals surface area (Å²) in [7, 11) is 1.57. The molecule has 1 unspecified atom stereocenters. The molecule has 2 nitrogen and oxygen atoms in total. The van der Waals surface area contributed by atoms with Crippen LogP contribution >= 0.6 is 0 Å². The summed E-state index contributed by atoms with van der Waals surface area (Å²) in [5.41, 5.74) is 6.12. The number of nitrogens with two attached hydrogens (primary N) is 1. The third-order valence-corrected chi connectivity index (χ3v) is 3.78. The van der Waals surface area contributed by atoms with Crippen LogP contribution in [0.25, 0.3) is 0 Å². The summed E-state index contributed by atoms with van der Waals surface area (Å²) in [5, 5.41) is 0. The molecule has 0 amide bonds. The number of hydrogen-bond donors (Lipinski definition) is 1. The third-order valence-electron chi connectivity index (χ3n) is 3.78. The molecular formula is C15H24FNO. The van der Waals surface area contributed by atoms with Crippen molar-refractivity contribution in [3.8, 4) is 5.75 Å². The molecule has 0 aliphatic carbocycles. The average Bonchev–Trinajstić information content (AvgIpc) is 2.29. The molecule has 1 rings (SSSR count). The highest BCUT2D eigenvalue weighted by Gasteiger charge is 2.45. The molecule has 102 valence electrons. The van der Waals surface area contributed by atoms with Crippen LogP contribution in [-0.4, -0.2) is 13.7 Å². The van der Waals surface area contributed by atoms with E-state index >= 15 is 4.39 Å². The van der Waals surface area contributed by atoms with Gasteiger partial charge in [0.2, 0.25) is 0 Å². The summed E-state index contributed by atoms with van der Waals surface area (Å²) in [6.45, 7) is 9.44. The van der Waals surface area contributed by atoms with E-state index in [0.29, 0.717) is 11.3 Å². The van der Waals surface area contributed by atoms with Crippen LogP contribution in [0.1, 0.15) is 37.5 Å². The van der Waals surface area contributed by atoms with Crippen LogP contribution < -0.4 is 10.5 Å². The van der Waals surface area contributed by atoms with E-state index in [1.54, 1.807) is 13.2 Å². The fraction of sp³-hybridized carbons (Fsp3) is 0.600. The lowest BCUT2D eigenvalue weighted by molar-refractivity contribution is 0.0318. The summed E-state index contributed by atoms with van der Waals surface area (Å²) < 4.78 is 20.7. The zero-order valence-corrected chi connectivity index (χ0v) is 12.2. The van der Waals surface area contributed by atoms with E-state index in [0.717, 1.165) is 11.1 Å². The lowest BCUT2D eigenvalue weighted by Gasteiger charge is -2.38. The molecule has 0 aliphatic rings. The molecule has 18 heavy (non-hydrogen) atoms. The quantitative estimate of drug-likeness (QED) is 0.895. The molecule has 0 saturated carbocycles. The lowest BCUT2D eigenvalue weighted by Crippen LogP contribution is -2.42. The fourth-order valence-electron chi connectivity index (χ4n) is 2.19. The van der Waals surface area contributed by atoms with Crippen LogP contribution in [0.4, 0.5) is 4.39 Å². The first-order valence-corrected chi connectivity index (χ1v) is 6.22. The van der Waals surface area contributed by atoms with Gasteiger partial charge < -0.3 is 10.5 Å². The minimum absolute atomic E-state index is 0.0602. The maximum atomic E-state index is 15.3. The molecule has 0 bridgehead atoms. The summed E-state index contributed by atoms with van der Waals surface area (Å²) in [6.07, 6.45) is 0. The van der Waals surface area contributed by atoms with Gasteiger partial charge in [-0.3, -0.25) is 0 Å². The Kier molecular flexibility index (Phi) is 4.06. The molecule has 0 saturated heterocycles. The monoisotopic (exact) mass is 253 g/mol. The van der Waals surface area contributed by atoms with E-state index in [4.69, 9.17) is 10.5 Å². The first-order chi connectivity index (χ1) is 8.19. The van der Waals surface area contributed by atoms with Crippen LogP contribution in [0, 0.1) is 19.3 Å². The van der Waals surface area contributed by atoms with Gasteiger partial charge >= 0.3 is 0 Å². The van der Waals surface area contributed by atoms with Crippen molar-refractivity contribution in [1.29, 1.82) is 0 Å². The largest absolute Gasteiger partial charge is 0.496 e. The summed E-state index contributed by atoms with van der Waals surface area (Å²) >= 11 is 0. The molecule has 0 radical (unpaired) electrons. The van der Waals surface area contributed by atoms with Gasteiger partial charge in [0, 0.05) is 17.5 Å². The first-order valence-electron chi connectivity index (χ1n) is 6.22. The van der Waals surface area contributed by atoms with E-state index in [1.807, 2.05) is 40.7 Å². The number of aryl methyl sites for hydroxylation is 1. The van der Waals surface area contributed by atoms with Crippen molar-refractivity contribution in [2.45, 2.75) is 40.3 Å². The highest BCUT2D eigenvalue weighted by Crippen LogP contribution is 2.46. The van der Waals surface area contributed by atoms with Crippen molar-refractivity contribution in [2.24, 2.45) is 11.1 Å². The van der Waals surface area contributed by atoms with Gasteiger partial charge in [-0.25, -0.2) is 4.39 Å². The zero-order valence-electron chi connectivity index (χ0n) is 12.2. The lowest BCUT2D eigenvalue weighted by atomic mass is 9.73. The van der Waals surface area contributed by atoms with Crippen LogP contribution in [0.15, 0.2) is 12.1 Å². The van der Waals surface area contributed by atoms with Gasteiger partial charge in [0.25, 0.3) is 0 Å². The van der Waals surface area contributed by atoms with Crippen LogP contribution in [0.2, 0.25) is 0 Å². The molecule has 1 atom stereocenters. The second-order valence-electron chi connectivity index (χ2n) is 5.84. The summed E-state index contributed by atoms with van der Waals surface area (Å²) in [5.74, 6) is 0.609. The molecule has 0 spiro atoms. The average molecular weight is 253 g/mol. The van der Waals surface area contributed by atoms with Crippen molar-refractivity contribution < 1.29 is 9.13 Å². The molecule has 1 aromatic carbocycles. The Hall–Kier alpha value is -1.09. The minimum atomic E-state index is -1.60. The van der Waals surface area contributed by atoms with Crippen LogP contribution in [0.5, 0.6) is 5.75 Å². The number of halogens is 1. The maximum absolute atomic E-state index is 15.3. The molecule has 0 fully saturated rings. The van der Waals surface area contributed by atoms with E-state index in [-0.39, 0.29) is 6.54 Å². The number of methoxy groups -OCH3 is 1. The van der Waals surface area contributed by atoms with Gasteiger partial charge in [-0.15, -0.1) is 0 Å². The molecule has 0 aromatic heterocycles. The normalized spacial score (nSPS) is 15.3. The van der Waals surface area contributed by atoms with Crippen molar-refractivity contribution in [1.82, 2.24) is 0 Å². The first kappa shape index (κ1) is 15.0. The third kappa shape index (κ3) is 2.24. The second kappa shape index (κ2) is 4.88. The second-order valence-corrected chi connectivity index (χ2v) is 5.84. The summed E-state index contributed by atoms with van der Waals surface area (Å²) in [4.78, 5) is 0. The Balaban J connectivity index is 3.54. The number of alkyl halides is 1. The van der Waals surface area contributed by atoms with Gasteiger partial charge in [0.05, 0.1) is 7.11 Å². The van der Waals surface area contributed by atoms with Gasteiger partial charge in [-0.2, -0.15) is 0 Å². The van der Waals surface area contributed by atoms with E-state index < -0.39 is 11.1 Å². The highest BCUT2D eigenvalue weighted by molar-refractivity contribution is 5.49. The maximum Gasteiger partial charge on any atom is 0.156 e. The van der Waals surface area contributed by atoms with Gasteiger partial charge in [0.15, 0.2) is 5.67 Å². The number of rotatable bonds is 3. The SMILES string of the molecule is COc1c(C(F)(CN)C(C)(C)C)ccc(C)c1C. The molecule has 2 N–H and O–H groups in total. The highest BCUT2D eigenvalue weighted by atomic mass is 19.1. The molecule has 3 heteroatoms. The van der Waals surface area contributed by atoms with Crippen molar-refractivity contribution in [3.63, 3.8) is 0 Å². The van der Waals surface area contributed by atoms with Crippen LogP contribution in [-0.2, 0) is 5.67 Å². The standard InChI is InChI=1S/C15H24FNO/c1-10-7-8-12(13(18-6)11(10)2)15(16,9-17)14(3,4)5/h7-8H,9,17H2,1-6H3. The number of ether oxygens (including phenoxy) is 1. The Labute approximate surface area is 109 Å². The number of benzene rings is 1. The van der Waals surface area contributed by atoms with E-state index in [1.165, 1.54) is 0 Å². The zero-order chi connectivity index (χ0) is 14.1. The Morgan fingerprint density at radius 2 is 1.78 bits per heavy atom. The Bertz CT molecular complexity index is 437. The van der Waals surface area contributed by atoms with E-state index in [2.05, 4.69) is 0 Å². The fourth-order valence-corrected chi connectivity index (χ4v) is 2.19. The smallest absolute Gasteiger partial charge is 0.156 e. The molecule has 0 aliphatic heterocycles. The minimum Gasteiger partial charge on any atom is -0.496 e. The van der Waals surface area contributed by atoms with Gasteiger partial charge in [-0.05, 0) is 25.0 Å². The molecule has 0 heterocycles. The predicted molar refractivity (Wildman–Crippen MR) is 73.8 cm³/mol. The van der Waals surface area contributed by atoms with Gasteiger partial charge in [0.1, 0.15) is 5.75 Å². The predicted octanol–water partition coefficient (Wildman–Crippen LogP) is 3.48. The van der Waals surface area contributed by atoms with Crippen LogP contribution in [0.3, 0.4) is 0 Å². The Morgan fingerprint density at radius 3 is 2.17 bits per heavy atom. The van der Waals surface area contributed by atoms with Gasteiger partial charge in [-0.1, -0.05) is 32.9 Å². The van der Waals surface area contributed by atoms with Crippen molar-refractivity contribution in [3.05, 3.63) is 28.8 Å². The van der Waals surface area contributed by atoms with E-state index in [9.17, 15) is 0 Å². The van der Waals surface area contributed by atoms with Crippen molar-refractivity contribution >= 4 is 0 Å². The topological polar surface area (TPSA) is 35.2 Å². The number of hydrogen-bond acceptors (Lipinski definition) is 2. The van der Waals surface area contributed by atoms with Crippen molar-refractivity contribution in [2.75, 3.05) is 13.7 Å². The Morgan fingerprint density at radius 1 is 1.22 bits per heavy atom. The molecule has 1 aromatic rings. The molecular weight excluding hydrogens is 229 g/mol. The summed E-state index contributed by atoms with van der Waals surface area (Å²) in [6, 6.07) is 3.71.